The van der Waals surface area contributed by atoms with Gasteiger partial charge in [0.05, 0.1) is 17.0 Å². The maximum atomic E-state index is 11.9. The molecular formula is C17H23N3O3. The van der Waals surface area contributed by atoms with Crippen LogP contribution in [-0.4, -0.2) is 35.1 Å². The molecule has 2 rings (SSSR count). The summed E-state index contributed by atoms with van der Waals surface area (Å²) in [7, 11) is 0. The third kappa shape index (κ3) is 5.49. The number of para-hydroxylation sites is 1. The van der Waals surface area contributed by atoms with E-state index in [0.29, 0.717) is 42.7 Å². The molecule has 124 valence electrons. The molecule has 1 heterocycles. The molecule has 1 amide bonds. The fourth-order valence-electron chi connectivity index (χ4n) is 2.19. The Morgan fingerprint density at radius 3 is 2.91 bits per heavy atom. The minimum Gasteiger partial charge on any atom is -0.379 e. The summed E-state index contributed by atoms with van der Waals surface area (Å²) in [5.74, 6) is 0.484. The van der Waals surface area contributed by atoms with Crippen molar-refractivity contribution in [2.45, 2.75) is 39.2 Å². The van der Waals surface area contributed by atoms with Gasteiger partial charge in [-0.2, -0.15) is 0 Å². The molecule has 0 spiro atoms. The van der Waals surface area contributed by atoms with Crippen molar-refractivity contribution in [2.24, 2.45) is 0 Å². The Morgan fingerprint density at radius 2 is 2.13 bits per heavy atom. The molecule has 0 saturated heterocycles. The lowest BCUT2D eigenvalue weighted by atomic mass is 10.2. The van der Waals surface area contributed by atoms with Crippen LogP contribution in [-0.2, 0) is 16.0 Å². The zero-order chi connectivity index (χ0) is 16.7. The number of nitrogens with zero attached hydrogens (tertiary/aromatic N) is 1. The van der Waals surface area contributed by atoms with Crippen molar-refractivity contribution >= 4 is 16.8 Å². The van der Waals surface area contributed by atoms with E-state index in [1.165, 1.54) is 0 Å². The molecule has 2 aromatic rings. The van der Waals surface area contributed by atoms with Gasteiger partial charge in [0.15, 0.2) is 0 Å². The van der Waals surface area contributed by atoms with E-state index in [2.05, 4.69) is 15.3 Å². The largest absolute Gasteiger partial charge is 0.379 e. The molecule has 0 bridgehead atoms. The Morgan fingerprint density at radius 1 is 1.35 bits per heavy atom. The number of nitrogens with one attached hydrogen (secondary N) is 2. The molecule has 0 unspecified atom stereocenters. The maximum Gasteiger partial charge on any atom is 0.258 e. The summed E-state index contributed by atoms with van der Waals surface area (Å²) in [6, 6.07) is 7.17. The number of H-pyrrole nitrogens is 1. The molecule has 6 heteroatoms. The number of rotatable bonds is 8. The number of aromatic amines is 1. The molecule has 2 N–H and O–H groups in total. The number of hydrogen-bond donors (Lipinski definition) is 2. The zero-order valence-electron chi connectivity index (χ0n) is 13.6. The summed E-state index contributed by atoms with van der Waals surface area (Å²) in [5, 5.41) is 3.40. The van der Waals surface area contributed by atoms with Gasteiger partial charge in [-0.1, -0.05) is 12.1 Å². The number of ether oxygens (including phenoxy) is 1. The van der Waals surface area contributed by atoms with Crippen molar-refractivity contribution in [3.63, 3.8) is 0 Å². The van der Waals surface area contributed by atoms with E-state index < -0.39 is 0 Å². The molecule has 0 radical (unpaired) electrons. The third-order valence-electron chi connectivity index (χ3n) is 3.35. The fourth-order valence-corrected chi connectivity index (χ4v) is 2.19. The first-order valence-electron chi connectivity index (χ1n) is 7.92. The standard InChI is InChI=1S/C17H23N3O3/c1-12(2)23-11-5-10-18-16(21)9-8-15-19-14-7-4-3-6-13(14)17(22)20-15/h3-4,6-7,12H,5,8-11H2,1-2H3,(H,18,21)(H,19,20,22). The molecule has 1 aromatic carbocycles. The van der Waals surface area contributed by atoms with Crippen molar-refractivity contribution in [3.05, 3.63) is 40.4 Å². The molecular weight excluding hydrogens is 294 g/mol. The first-order valence-corrected chi connectivity index (χ1v) is 7.92. The summed E-state index contributed by atoms with van der Waals surface area (Å²) >= 11 is 0. The van der Waals surface area contributed by atoms with Crippen molar-refractivity contribution in [1.82, 2.24) is 15.3 Å². The van der Waals surface area contributed by atoms with E-state index in [9.17, 15) is 9.59 Å². The van der Waals surface area contributed by atoms with Crippen LogP contribution < -0.4 is 10.9 Å². The van der Waals surface area contributed by atoms with Gasteiger partial charge in [0.1, 0.15) is 5.82 Å². The number of amides is 1. The van der Waals surface area contributed by atoms with E-state index in [-0.39, 0.29) is 17.6 Å². The topological polar surface area (TPSA) is 84.1 Å². The lowest BCUT2D eigenvalue weighted by molar-refractivity contribution is -0.121. The molecule has 0 fully saturated rings. The zero-order valence-corrected chi connectivity index (χ0v) is 13.6. The van der Waals surface area contributed by atoms with E-state index in [4.69, 9.17) is 4.74 Å². The SMILES string of the molecule is CC(C)OCCCNC(=O)CCc1nc2ccccc2c(=O)[nH]1. The number of aromatic nitrogens is 2. The van der Waals surface area contributed by atoms with Gasteiger partial charge < -0.3 is 15.0 Å². The first kappa shape index (κ1) is 17.1. The number of carbonyl (C=O) groups is 1. The Kier molecular flexibility index (Phi) is 6.29. The van der Waals surface area contributed by atoms with Gasteiger partial charge in [-0.25, -0.2) is 4.98 Å². The number of hydrogen-bond acceptors (Lipinski definition) is 4. The Labute approximate surface area is 135 Å². The summed E-state index contributed by atoms with van der Waals surface area (Å²) in [6.45, 7) is 5.19. The molecule has 0 aliphatic carbocycles. The lowest BCUT2D eigenvalue weighted by Gasteiger charge is -2.08. The van der Waals surface area contributed by atoms with Gasteiger partial charge in [0.2, 0.25) is 5.91 Å². The number of aryl methyl sites for hydroxylation is 1. The van der Waals surface area contributed by atoms with Gasteiger partial charge in [-0.15, -0.1) is 0 Å². The molecule has 0 atom stereocenters. The highest BCUT2D eigenvalue weighted by Crippen LogP contribution is 2.06. The number of carbonyl (C=O) groups excluding carboxylic acids is 1. The van der Waals surface area contributed by atoms with E-state index in [0.717, 1.165) is 6.42 Å². The summed E-state index contributed by atoms with van der Waals surface area (Å²) in [4.78, 5) is 30.8. The molecule has 0 saturated carbocycles. The molecule has 23 heavy (non-hydrogen) atoms. The van der Waals surface area contributed by atoms with E-state index in [1.807, 2.05) is 19.9 Å². The van der Waals surface area contributed by atoms with Crippen LogP contribution in [0.3, 0.4) is 0 Å². The van der Waals surface area contributed by atoms with Gasteiger partial charge in [-0.3, -0.25) is 9.59 Å². The van der Waals surface area contributed by atoms with E-state index >= 15 is 0 Å². The minimum atomic E-state index is -0.170. The van der Waals surface area contributed by atoms with Gasteiger partial charge in [0.25, 0.3) is 5.56 Å². The molecule has 1 aromatic heterocycles. The highest BCUT2D eigenvalue weighted by atomic mass is 16.5. The number of fused-ring (bicyclic) bond motifs is 1. The van der Waals surface area contributed by atoms with Crippen LogP contribution in [0.15, 0.2) is 29.1 Å². The summed E-state index contributed by atoms with van der Waals surface area (Å²) in [6.07, 6.45) is 1.71. The van der Waals surface area contributed by atoms with Crippen LogP contribution in [0.2, 0.25) is 0 Å². The quantitative estimate of drug-likeness (QED) is 0.727. The smallest absolute Gasteiger partial charge is 0.258 e. The normalized spacial score (nSPS) is 11.1. The monoisotopic (exact) mass is 317 g/mol. The van der Waals surface area contributed by atoms with Gasteiger partial charge >= 0.3 is 0 Å². The van der Waals surface area contributed by atoms with Crippen molar-refractivity contribution in [1.29, 1.82) is 0 Å². The third-order valence-corrected chi connectivity index (χ3v) is 3.35. The maximum absolute atomic E-state index is 11.9. The highest BCUT2D eigenvalue weighted by molar-refractivity contribution is 5.77. The predicted octanol–water partition coefficient (Wildman–Crippen LogP) is 1.79. The minimum absolute atomic E-state index is 0.0506. The Bertz CT molecular complexity index is 710. The van der Waals surface area contributed by atoms with Gasteiger partial charge in [0, 0.05) is 26.0 Å². The van der Waals surface area contributed by atoms with Gasteiger partial charge in [-0.05, 0) is 32.4 Å². The Hall–Kier alpha value is -2.21. The summed E-state index contributed by atoms with van der Waals surface area (Å²) < 4.78 is 5.41. The van der Waals surface area contributed by atoms with Crippen LogP contribution in [0.4, 0.5) is 0 Å². The van der Waals surface area contributed by atoms with E-state index in [1.54, 1.807) is 18.2 Å². The molecule has 0 aliphatic heterocycles. The Balaban J connectivity index is 1.79. The lowest BCUT2D eigenvalue weighted by Crippen LogP contribution is -2.26. The van der Waals surface area contributed by atoms with Crippen molar-refractivity contribution < 1.29 is 9.53 Å². The van der Waals surface area contributed by atoms with Crippen molar-refractivity contribution in [3.8, 4) is 0 Å². The first-order chi connectivity index (χ1) is 11.1. The van der Waals surface area contributed by atoms with Crippen molar-refractivity contribution in [2.75, 3.05) is 13.2 Å². The predicted molar refractivity (Wildman–Crippen MR) is 89.4 cm³/mol. The van der Waals surface area contributed by atoms with Crippen LogP contribution in [0.25, 0.3) is 10.9 Å². The fraction of sp³-hybridized carbons (Fsp3) is 0.471. The summed E-state index contributed by atoms with van der Waals surface area (Å²) in [5.41, 5.74) is 0.481. The second-order valence-electron chi connectivity index (χ2n) is 5.65. The van der Waals surface area contributed by atoms with Crippen LogP contribution in [0.5, 0.6) is 0 Å². The van der Waals surface area contributed by atoms with Crippen LogP contribution in [0.1, 0.15) is 32.5 Å². The second kappa shape index (κ2) is 8.43. The average molecular weight is 317 g/mol. The van der Waals surface area contributed by atoms with Crippen LogP contribution in [0, 0.1) is 0 Å². The second-order valence-corrected chi connectivity index (χ2v) is 5.65. The van der Waals surface area contributed by atoms with Crippen LogP contribution >= 0.6 is 0 Å². The average Bonchev–Trinajstić information content (AvgIpc) is 2.52. The number of benzene rings is 1. The molecule has 6 nitrogen and oxygen atoms in total. The molecule has 0 aliphatic rings. The highest BCUT2D eigenvalue weighted by Gasteiger charge is 2.06.